The van der Waals surface area contributed by atoms with Gasteiger partial charge < -0.3 is 20.1 Å². The normalized spacial score (nSPS) is 17.9. The summed E-state index contributed by atoms with van der Waals surface area (Å²) in [6, 6.07) is 8.29. The Morgan fingerprint density at radius 1 is 1.19 bits per heavy atom. The van der Waals surface area contributed by atoms with Crippen LogP contribution in [0.3, 0.4) is 0 Å². The molecule has 3 rings (SSSR count). The maximum absolute atomic E-state index is 12.3. The van der Waals surface area contributed by atoms with E-state index in [0.717, 1.165) is 0 Å². The van der Waals surface area contributed by atoms with Gasteiger partial charge in [0.15, 0.2) is 9.84 Å². The fraction of sp³-hybridized carbons (Fsp3) is 0.333. The summed E-state index contributed by atoms with van der Waals surface area (Å²) in [6.07, 6.45) is 1.88. The third-order valence-electron chi connectivity index (χ3n) is 4.26. The molecule has 1 saturated heterocycles. The number of nitrogens with one attached hydrogen (secondary N) is 2. The summed E-state index contributed by atoms with van der Waals surface area (Å²) in [5.41, 5.74) is 1.04. The molecule has 2 aromatic rings. The Hall–Kier alpha value is -2.81. The molecule has 1 aliphatic rings. The number of methoxy groups -OCH3 is 2. The number of pyridine rings is 1. The van der Waals surface area contributed by atoms with E-state index in [4.69, 9.17) is 9.47 Å². The van der Waals surface area contributed by atoms with Crippen LogP contribution in [0.1, 0.15) is 16.8 Å². The van der Waals surface area contributed by atoms with Crippen LogP contribution in [0.5, 0.6) is 11.5 Å². The molecule has 0 saturated carbocycles. The van der Waals surface area contributed by atoms with E-state index in [1.54, 1.807) is 44.6 Å². The summed E-state index contributed by atoms with van der Waals surface area (Å²) in [6.45, 7) is 0. The lowest BCUT2D eigenvalue weighted by Gasteiger charge is -2.13. The van der Waals surface area contributed by atoms with E-state index in [0.29, 0.717) is 35.0 Å². The van der Waals surface area contributed by atoms with Gasteiger partial charge >= 0.3 is 0 Å². The maximum Gasteiger partial charge on any atom is 0.253 e. The van der Waals surface area contributed by atoms with Gasteiger partial charge in [-0.1, -0.05) is 0 Å². The second kappa shape index (κ2) is 7.83. The number of aromatic nitrogens is 1. The fourth-order valence-electron chi connectivity index (χ4n) is 2.83. The molecule has 0 spiro atoms. The van der Waals surface area contributed by atoms with E-state index in [2.05, 4.69) is 15.6 Å². The van der Waals surface area contributed by atoms with Crippen LogP contribution in [0.15, 0.2) is 36.5 Å². The van der Waals surface area contributed by atoms with E-state index < -0.39 is 9.84 Å². The van der Waals surface area contributed by atoms with Crippen molar-refractivity contribution in [3.63, 3.8) is 0 Å². The van der Waals surface area contributed by atoms with Gasteiger partial charge in [0, 0.05) is 18.3 Å². The van der Waals surface area contributed by atoms with E-state index in [1.165, 1.54) is 6.20 Å². The molecular formula is C18H21N3O5S. The number of nitrogens with zero attached hydrogens (tertiary/aromatic N) is 1. The highest BCUT2D eigenvalue weighted by molar-refractivity contribution is 7.91. The van der Waals surface area contributed by atoms with Gasteiger partial charge in [-0.05, 0) is 30.7 Å². The molecule has 1 aromatic carbocycles. The molecule has 1 amide bonds. The number of anilines is 2. The number of benzene rings is 1. The molecule has 0 aliphatic carbocycles. The predicted octanol–water partition coefficient (Wildman–Crippen LogP) is 1.76. The number of ether oxygens (including phenoxy) is 2. The van der Waals surface area contributed by atoms with Gasteiger partial charge in [-0.25, -0.2) is 13.4 Å². The standard InChI is InChI=1S/C18H21N3O5S/c1-25-14-4-5-16(26-2)15(9-14)21-17-6-3-12(10-19-17)18(22)20-13-7-8-27(23,24)11-13/h3-6,9-10,13H,7-8,11H2,1-2H3,(H,19,21)(H,20,22). The Kier molecular flexibility index (Phi) is 5.50. The van der Waals surface area contributed by atoms with Gasteiger partial charge in [-0.3, -0.25) is 4.79 Å². The lowest BCUT2D eigenvalue weighted by atomic mass is 10.2. The summed E-state index contributed by atoms with van der Waals surface area (Å²) in [7, 11) is 0.103. The van der Waals surface area contributed by atoms with Gasteiger partial charge in [0.05, 0.1) is 37.0 Å². The van der Waals surface area contributed by atoms with Crippen LogP contribution in [-0.2, 0) is 9.84 Å². The van der Waals surface area contributed by atoms with Crippen LogP contribution < -0.4 is 20.1 Å². The monoisotopic (exact) mass is 391 g/mol. The number of carbonyl (C=O) groups is 1. The molecule has 27 heavy (non-hydrogen) atoms. The second-order valence-electron chi connectivity index (χ2n) is 6.20. The third kappa shape index (κ3) is 4.68. The van der Waals surface area contributed by atoms with Crippen LogP contribution in [0.2, 0.25) is 0 Å². The van der Waals surface area contributed by atoms with Crippen molar-refractivity contribution < 1.29 is 22.7 Å². The van der Waals surface area contributed by atoms with Crippen molar-refractivity contribution in [1.82, 2.24) is 10.3 Å². The smallest absolute Gasteiger partial charge is 0.253 e. The van der Waals surface area contributed by atoms with Crippen molar-refractivity contribution in [2.24, 2.45) is 0 Å². The first kappa shape index (κ1) is 19.0. The van der Waals surface area contributed by atoms with Crippen molar-refractivity contribution in [3.8, 4) is 11.5 Å². The average Bonchev–Trinajstić information content (AvgIpc) is 3.00. The Morgan fingerprint density at radius 3 is 2.59 bits per heavy atom. The van der Waals surface area contributed by atoms with Crippen LogP contribution in [0.25, 0.3) is 0 Å². The third-order valence-corrected chi connectivity index (χ3v) is 6.03. The molecule has 1 aromatic heterocycles. The Bertz CT molecular complexity index is 929. The molecule has 1 atom stereocenters. The van der Waals surface area contributed by atoms with Gasteiger partial charge in [-0.2, -0.15) is 0 Å². The van der Waals surface area contributed by atoms with E-state index in [1.807, 2.05) is 0 Å². The van der Waals surface area contributed by atoms with Crippen molar-refractivity contribution in [2.45, 2.75) is 12.5 Å². The molecule has 144 valence electrons. The Morgan fingerprint density at radius 2 is 2.00 bits per heavy atom. The van der Waals surface area contributed by atoms with Crippen LogP contribution in [0, 0.1) is 0 Å². The molecular weight excluding hydrogens is 370 g/mol. The summed E-state index contributed by atoms with van der Waals surface area (Å²) >= 11 is 0. The number of amides is 1. The van der Waals surface area contributed by atoms with Crippen LogP contribution >= 0.6 is 0 Å². The van der Waals surface area contributed by atoms with Crippen molar-refractivity contribution in [3.05, 3.63) is 42.1 Å². The number of hydrogen-bond acceptors (Lipinski definition) is 7. The van der Waals surface area contributed by atoms with Crippen LogP contribution in [-0.4, -0.2) is 51.1 Å². The second-order valence-corrected chi connectivity index (χ2v) is 8.43. The topological polar surface area (TPSA) is 107 Å². The average molecular weight is 391 g/mol. The highest BCUT2D eigenvalue weighted by atomic mass is 32.2. The minimum absolute atomic E-state index is 0.0125. The zero-order chi connectivity index (χ0) is 19.4. The maximum atomic E-state index is 12.3. The molecule has 0 bridgehead atoms. The lowest BCUT2D eigenvalue weighted by Crippen LogP contribution is -2.35. The molecule has 1 aliphatic heterocycles. The molecule has 2 N–H and O–H groups in total. The zero-order valence-corrected chi connectivity index (χ0v) is 15.9. The first-order chi connectivity index (χ1) is 12.9. The Balaban J connectivity index is 1.68. The van der Waals surface area contributed by atoms with Crippen LogP contribution in [0.4, 0.5) is 11.5 Å². The molecule has 9 heteroatoms. The summed E-state index contributed by atoms with van der Waals surface area (Å²) in [5, 5.41) is 5.86. The summed E-state index contributed by atoms with van der Waals surface area (Å²) in [4.78, 5) is 16.5. The largest absolute Gasteiger partial charge is 0.497 e. The number of sulfone groups is 1. The minimum Gasteiger partial charge on any atom is -0.497 e. The SMILES string of the molecule is COc1ccc(OC)c(Nc2ccc(C(=O)NC3CCS(=O)(=O)C3)cn2)c1. The molecule has 2 heterocycles. The lowest BCUT2D eigenvalue weighted by molar-refractivity contribution is 0.0941. The number of carbonyl (C=O) groups excluding carboxylic acids is 1. The molecule has 8 nitrogen and oxygen atoms in total. The quantitative estimate of drug-likeness (QED) is 0.773. The van der Waals surface area contributed by atoms with E-state index >= 15 is 0 Å². The van der Waals surface area contributed by atoms with Crippen molar-refractivity contribution in [2.75, 3.05) is 31.0 Å². The number of hydrogen-bond donors (Lipinski definition) is 2. The van der Waals surface area contributed by atoms with Gasteiger partial charge in [0.1, 0.15) is 17.3 Å². The van der Waals surface area contributed by atoms with Crippen molar-refractivity contribution in [1.29, 1.82) is 0 Å². The predicted molar refractivity (Wildman–Crippen MR) is 102 cm³/mol. The number of rotatable bonds is 6. The van der Waals surface area contributed by atoms with Gasteiger partial charge in [0.2, 0.25) is 0 Å². The molecule has 1 fully saturated rings. The highest BCUT2D eigenvalue weighted by Crippen LogP contribution is 2.31. The first-order valence-corrected chi connectivity index (χ1v) is 10.2. The highest BCUT2D eigenvalue weighted by Gasteiger charge is 2.29. The minimum atomic E-state index is -3.04. The fourth-order valence-corrected chi connectivity index (χ4v) is 4.50. The zero-order valence-electron chi connectivity index (χ0n) is 15.1. The van der Waals surface area contributed by atoms with E-state index in [9.17, 15) is 13.2 Å². The first-order valence-electron chi connectivity index (χ1n) is 8.36. The van der Waals surface area contributed by atoms with E-state index in [-0.39, 0.29) is 23.5 Å². The molecule has 0 radical (unpaired) electrons. The Labute approximate surface area is 157 Å². The summed E-state index contributed by atoms with van der Waals surface area (Å²) < 4.78 is 33.5. The van der Waals surface area contributed by atoms with Gasteiger partial charge in [0.25, 0.3) is 5.91 Å². The molecule has 1 unspecified atom stereocenters. The summed E-state index contributed by atoms with van der Waals surface area (Å²) in [5.74, 6) is 1.59. The van der Waals surface area contributed by atoms with Crippen molar-refractivity contribution >= 4 is 27.2 Å². The van der Waals surface area contributed by atoms with Gasteiger partial charge in [-0.15, -0.1) is 0 Å².